The maximum Gasteiger partial charge on any atom is 2.00 e. The van der Waals surface area contributed by atoms with Crippen molar-refractivity contribution in [3.05, 3.63) is 0 Å². The minimum Gasteiger partial charge on any atom is -1.00 e. The van der Waals surface area contributed by atoms with Crippen molar-refractivity contribution < 1.29 is 54.4 Å². The van der Waals surface area contributed by atoms with Crippen molar-refractivity contribution in [2.75, 3.05) is 41.3 Å². The van der Waals surface area contributed by atoms with E-state index >= 15 is 0 Å². The minimum atomic E-state index is 0. The standard InChI is InChI=1S/C6H16N2.2BrH.Pd/c1-7(2)5-6-8(3)4;;;/h5-6H2,1-4H3;2*1H;/q;;;+2/p-2. The molecule has 2 nitrogen and oxygen atoms in total. The molecule has 5 heteroatoms. The van der Waals surface area contributed by atoms with E-state index in [4.69, 9.17) is 0 Å². The Balaban J connectivity index is -0.0000000817. The maximum absolute atomic E-state index is 2.18. The molecule has 0 bridgehead atoms. The number of likely N-dealkylation sites (N-methyl/N-ethyl adjacent to an activating group) is 2. The molecular formula is C6H16Br2N2Pd. The maximum atomic E-state index is 2.18. The second kappa shape index (κ2) is 14.1. The summed E-state index contributed by atoms with van der Waals surface area (Å²) in [5.74, 6) is 0. The van der Waals surface area contributed by atoms with Gasteiger partial charge in [0.05, 0.1) is 0 Å². The molecule has 0 heterocycles. The van der Waals surface area contributed by atoms with Gasteiger partial charge < -0.3 is 43.8 Å². The van der Waals surface area contributed by atoms with Crippen LogP contribution in [0.15, 0.2) is 0 Å². The quantitative estimate of drug-likeness (QED) is 0.449. The molecule has 0 aliphatic carbocycles. The number of halogens is 2. The van der Waals surface area contributed by atoms with Gasteiger partial charge in [0.25, 0.3) is 0 Å². The van der Waals surface area contributed by atoms with Crippen LogP contribution in [-0.2, 0) is 20.4 Å². The summed E-state index contributed by atoms with van der Waals surface area (Å²) in [6, 6.07) is 0. The van der Waals surface area contributed by atoms with Crippen LogP contribution >= 0.6 is 0 Å². The van der Waals surface area contributed by atoms with Gasteiger partial charge in [-0.1, -0.05) is 0 Å². The van der Waals surface area contributed by atoms with Gasteiger partial charge in [0.1, 0.15) is 0 Å². The predicted octanol–water partition coefficient (Wildman–Crippen LogP) is -5.88. The van der Waals surface area contributed by atoms with Gasteiger partial charge in [0.15, 0.2) is 0 Å². The van der Waals surface area contributed by atoms with Crippen molar-refractivity contribution in [3.63, 3.8) is 0 Å². The molecule has 0 saturated carbocycles. The van der Waals surface area contributed by atoms with Crippen LogP contribution in [0.4, 0.5) is 0 Å². The van der Waals surface area contributed by atoms with Crippen LogP contribution in [0.3, 0.4) is 0 Å². The molecule has 0 aliphatic heterocycles. The largest absolute Gasteiger partial charge is 2.00 e. The van der Waals surface area contributed by atoms with Crippen LogP contribution in [0.5, 0.6) is 0 Å². The molecule has 0 spiro atoms. The minimum absolute atomic E-state index is 0. The third-order valence-corrected chi connectivity index (χ3v) is 0.994. The monoisotopic (exact) mass is 380 g/mol. The van der Waals surface area contributed by atoms with Crippen LogP contribution in [-0.4, -0.2) is 51.1 Å². The predicted molar refractivity (Wildman–Crippen MR) is 37.1 cm³/mol. The first-order valence-electron chi connectivity index (χ1n) is 2.92. The van der Waals surface area contributed by atoms with E-state index in [-0.39, 0.29) is 54.4 Å². The Morgan fingerprint density at radius 1 is 0.727 bits per heavy atom. The summed E-state index contributed by atoms with van der Waals surface area (Å²) in [5.41, 5.74) is 0. The number of hydrogen-bond acceptors (Lipinski definition) is 2. The van der Waals surface area contributed by atoms with E-state index in [9.17, 15) is 0 Å². The van der Waals surface area contributed by atoms with Crippen molar-refractivity contribution >= 4 is 0 Å². The summed E-state index contributed by atoms with van der Waals surface area (Å²) < 4.78 is 0. The van der Waals surface area contributed by atoms with Crippen LogP contribution in [0, 0.1) is 0 Å². The zero-order valence-corrected chi connectivity index (χ0v) is 12.1. The fourth-order valence-corrected chi connectivity index (χ4v) is 0.400. The molecule has 0 unspecified atom stereocenters. The first kappa shape index (κ1) is 22.9. The van der Waals surface area contributed by atoms with Crippen molar-refractivity contribution in [3.8, 4) is 0 Å². The van der Waals surface area contributed by atoms with Gasteiger partial charge in [-0.15, -0.1) is 0 Å². The van der Waals surface area contributed by atoms with E-state index in [0.717, 1.165) is 13.1 Å². The van der Waals surface area contributed by atoms with Gasteiger partial charge in [0, 0.05) is 13.1 Å². The molecule has 0 N–H and O–H groups in total. The van der Waals surface area contributed by atoms with Crippen molar-refractivity contribution in [1.82, 2.24) is 9.80 Å². The molecule has 0 aliphatic rings. The van der Waals surface area contributed by atoms with Crippen LogP contribution < -0.4 is 34.0 Å². The summed E-state index contributed by atoms with van der Waals surface area (Å²) in [7, 11) is 8.35. The number of hydrogen-bond donors (Lipinski definition) is 0. The average Bonchev–Trinajstić information content (AvgIpc) is 1.61. The average molecular weight is 382 g/mol. The van der Waals surface area contributed by atoms with Gasteiger partial charge in [-0.05, 0) is 28.2 Å². The molecule has 0 aromatic rings. The fourth-order valence-electron chi connectivity index (χ4n) is 0.400. The molecule has 0 atom stereocenters. The summed E-state index contributed by atoms with van der Waals surface area (Å²) in [6.07, 6.45) is 0. The van der Waals surface area contributed by atoms with E-state index < -0.39 is 0 Å². The fraction of sp³-hybridized carbons (Fsp3) is 1.00. The molecule has 74 valence electrons. The van der Waals surface area contributed by atoms with Gasteiger partial charge in [-0.2, -0.15) is 0 Å². The first-order chi connectivity index (χ1) is 3.63. The van der Waals surface area contributed by atoms with Crippen LogP contribution in [0.25, 0.3) is 0 Å². The van der Waals surface area contributed by atoms with Gasteiger partial charge >= 0.3 is 20.4 Å². The molecule has 11 heavy (non-hydrogen) atoms. The van der Waals surface area contributed by atoms with Gasteiger partial charge in [-0.25, -0.2) is 0 Å². The van der Waals surface area contributed by atoms with Crippen molar-refractivity contribution in [1.29, 1.82) is 0 Å². The molecule has 0 aromatic heterocycles. The number of rotatable bonds is 3. The Bertz CT molecular complexity index is 54.5. The Hall–Kier alpha value is 1.54. The topological polar surface area (TPSA) is 6.48 Å². The second-order valence-corrected chi connectivity index (χ2v) is 2.61. The molecular weight excluding hydrogens is 366 g/mol. The SMILES string of the molecule is CN(C)CCN(C)C.[Br-].[Br-].[Pd+2]. The second-order valence-electron chi connectivity index (χ2n) is 2.61. The van der Waals surface area contributed by atoms with E-state index in [1.165, 1.54) is 0 Å². The summed E-state index contributed by atoms with van der Waals surface area (Å²) in [4.78, 5) is 4.36. The van der Waals surface area contributed by atoms with E-state index in [2.05, 4.69) is 38.0 Å². The Labute approximate surface area is 105 Å². The zero-order chi connectivity index (χ0) is 6.57. The molecule has 0 amide bonds. The zero-order valence-electron chi connectivity index (χ0n) is 7.38. The Morgan fingerprint density at radius 3 is 1.00 bits per heavy atom. The van der Waals surface area contributed by atoms with E-state index in [1.54, 1.807) is 0 Å². The van der Waals surface area contributed by atoms with E-state index in [1.807, 2.05) is 0 Å². The smallest absolute Gasteiger partial charge is 1.00 e. The molecule has 0 fully saturated rings. The summed E-state index contributed by atoms with van der Waals surface area (Å²) in [6.45, 7) is 2.29. The normalized spacial score (nSPS) is 8.18. The molecule has 0 aromatic carbocycles. The van der Waals surface area contributed by atoms with Crippen molar-refractivity contribution in [2.24, 2.45) is 0 Å². The van der Waals surface area contributed by atoms with E-state index in [0.29, 0.717) is 0 Å². The number of nitrogens with zero attached hydrogens (tertiary/aromatic N) is 2. The molecule has 0 rings (SSSR count). The third-order valence-electron chi connectivity index (χ3n) is 0.994. The molecule has 0 radical (unpaired) electrons. The van der Waals surface area contributed by atoms with Crippen LogP contribution in [0.2, 0.25) is 0 Å². The summed E-state index contributed by atoms with van der Waals surface area (Å²) in [5, 5.41) is 0. The van der Waals surface area contributed by atoms with Crippen LogP contribution in [0.1, 0.15) is 0 Å². The third kappa shape index (κ3) is 24.6. The Morgan fingerprint density at radius 2 is 0.909 bits per heavy atom. The molecule has 0 saturated heterocycles. The van der Waals surface area contributed by atoms with Gasteiger partial charge in [-0.3, -0.25) is 0 Å². The van der Waals surface area contributed by atoms with Gasteiger partial charge in [0.2, 0.25) is 0 Å². The summed E-state index contributed by atoms with van der Waals surface area (Å²) >= 11 is 0. The van der Waals surface area contributed by atoms with Crippen molar-refractivity contribution in [2.45, 2.75) is 0 Å². The first-order valence-corrected chi connectivity index (χ1v) is 2.92. The Kier molecular flexibility index (Phi) is 29.3.